The lowest BCUT2D eigenvalue weighted by atomic mass is 10.2. The quantitative estimate of drug-likeness (QED) is 0.821. The molecule has 1 amide bonds. The highest BCUT2D eigenvalue weighted by Crippen LogP contribution is 2.30. The zero-order valence-electron chi connectivity index (χ0n) is 11.2. The van der Waals surface area contributed by atoms with Gasteiger partial charge in [0.2, 0.25) is 0 Å². The maximum Gasteiger partial charge on any atom is 0.273 e. The van der Waals surface area contributed by atoms with Crippen LogP contribution in [0.4, 0.5) is 0 Å². The summed E-state index contributed by atoms with van der Waals surface area (Å²) in [6, 6.07) is 5.33. The predicted molar refractivity (Wildman–Crippen MR) is 84.8 cm³/mol. The van der Waals surface area contributed by atoms with Crippen molar-refractivity contribution in [3.8, 4) is 10.6 Å². The second kappa shape index (κ2) is 6.57. The average molecular weight is 329 g/mol. The second-order valence-corrected chi connectivity index (χ2v) is 5.82. The molecule has 20 heavy (non-hydrogen) atoms. The van der Waals surface area contributed by atoms with E-state index >= 15 is 0 Å². The number of halogens is 2. The highest BCUT2D eigenvalue weighted by molar-refractivity contribution is 7.13. The molecule has 0 fully saturated rings. The van der Waals surface area contributed by atoms with Crippen molar-refractivity contribution in [3.05, 3.63) is 39.3 Å². The van der Waals surface area contributed by atoms with Gasteiger partial charge in [0.15, 0.2) is 0 Å². The summed E-state index contributed by atoms with van der Waals surface area (Å²) in [6.45, 7) is 5.26. The first-order chi connectivity index (χ1) is 9.56. The zero-order valence-corrected chi connectivity index (χ0v) is 13.5. The number of hydrogen-bond acceptors (Lipinski definition) is 3. The molecule has 6 heteroatoms. The van der Waals surface area contributed by atoms with E-state index < -0.39 is 0 Å². The number of carbonyl (C=O) groups excluding carboxylic acids is 1. The van der Waals surface area contributed by atoms with E-state index in [1.54, 1.807) is 22.4 Å². The van der Waals surface area contributed by atoms with Gasteiger partial charge < -0.3 is 4.90 Å². The van der Waals surface area contributed by atoms with Crippen molar-refractivity contribution in [3.63, 3.8) is 0 Å². The van der Waals surface area contributed by atoms with Crippen LogP contribution < -0.4 is 0 Å². The van der Waals surface area contributed by atoms with E-state index in [2.05, 4.69) is 4.98 Å². The van der Waals surface area contributed by atoms with Crippen LogP contribution in [0.3, 0.4) is 0 Å². The van der Waals surface area contributed by atoms with Crippen LogP contribution >= 0.6 is 34.5 Å². The minimum Gasteiger partial charge on any atom is -0.338 e. The van der Waals surface area contributed by atoms with Crippen molar-refractivity contribution in [1.29, 1.82) is 0 Å². The molecule has 0 bridgehead atoms. The van der Waals surface area contributed by atoms with Crippen molar-refractivity contribution in [2.24, 2.45) is 0 Å². The van der Waals surface area contributed by atoms with E-state index in [-0.39, 0.29) is 5.91 Å². The molecule has 0 atom stereocenters. The van der Waals surface area contributed by atoms with Gasteiger partial charge in [0.1, 0.15) is 10.7 Å². The lowest BCUT2D eigenvalue weighted by Crippen LogP contribution is -2.30. The van der Waals surface area contributed by atoms with Crippen LogP contribution in [0.2, 0.25) is 10.0 Å². The Labute approximate surface area is 132 Å². The summed E-state index contributed by atoms with van der Waals surface area (Å²) in [4.78, 5) is 18.3. The Morgan fingerprint density at radius 2 is 1.95 bits per heavy atom. The van der Waals surface area contributed by atoms with Crippen LogP contribution in [-0.4, -0.2) is 28.9 Å². The van der Waals surface area contributed by atoms with Gasteiger partial charge in [-0.05, 0) is 26.0 Å². The van der Waals surface area contributed by atoms with E-state index in [1.807, 2.05) is 19.9 Å². The highest BCUT2D eigenvalue weighted by Gasteiger charge is 2.16. The monoisotopic (exact) mass is 328 g/mol. The highest BCUT2D eigenvalue weighted by atomic mass is 35.5. The Morgan fingerprint density at radius 3 is 2.55 bits per heavy atom. The van der Waals surface area contributed by atoms with Crippen molar-refractivity contribution in [2.75, 3.05) is 13.1 Å². The van der Waals surface area contributed by atoms with Crippen LogP contribution in [-0.2, 0) is 0 Å². The van der Waals surface area contributed by atoms with Gasteiger partial charge in [-0.15, -0.1) is 11.3 Å². The summed E-state index contributed by atoms with van der Waals surface area (Å²) in [5.74, 6) is -0.0439. The van der Waals surface area contributed by atoms with Gasteiger partial charge in [-0.3, -0.25) is 4.79 Å². The van der Waals surface area contributed by atoms with E-state index in [4.69, 9.17) is 23.2 Å². The number of nitrogens with zero attached hydrogens (tertiary/aromatic N) is 2. The second-order valence-electron chi connectivity index (χ2n) is 4.14. The summed E-state index contributed by atoms with van der Waals surface area (Å²) < 4.78 is 0. The summed E-state index contributed by atoms with van der Waals surface area (Å²) in [5.41, 5.74) is 1.34. The number of benzene rings is 1. The molecule has 0 radical (unpaired) electrons. The van der Waals surface area contributed by atoms with Gasteiger partial charge in [-0.25, -0.2) is 4.98 Å². The maximum atomic E-state index is 12.2. The molecule has 0 aliphatic heterocycles. The Bertz CT molecular complexity index is 623. The first-order valence-corrected chi connectivity index (χ1v) is 7.90. The minimum absolute atomic E-state index is 0.0439. The minimum atomic E-state index is -0.0439. The van der Waals surface area contributed by atoms with Crippen molar-refractivity contribution >= 4 is 40.4 Å². The molecule has 1 aromatic carbocycles. The third-order valence-corrected chi connectivity index (χ3v) is 4.57. The van der Waals surface area contributed by atoms with Crippen molar-refractivity contribution in [2.45, 2.75) is 13.8 Å². The SMILES string of the molecule is CCN(CC)C(=O)c1csc(-c2ccc(Cl)c(Cl)c2)n1. The Kier molecular flexibility index (Phi) is 5.02. The van der Waals surface area contributed by atoms with Gasteiger partial charge in [0, 0.05) is 24.0 Å². The van der Waals surface area contributed by atoms with E-state index in [9.17, 15) is 4.79 Å². The van der Waals surface area contributed by atoms with Gasteiger partial charge in [0.05, 0.1) is 10.0 Å². The van der Waals surface area contributed by atoms with Crippen LogP contribution in [0.25, 0.3) is 10.6 Å². The molecule has 106 valence electrons. The predicted octanol–water partition coefficient (Wildman–Crippen LogP) is 4.60. The normalized spacial score (nSPS) is 10.6. The van der Waals surface area contributed by atoms with E-state index in [0.29, 0.717) is 28.8 Å². The maximum absolute atomic E-state index is 12.2. The molecule has 1 heterocycles. The first kappa shape index (κ1) is 15.3. The largest absolute Gasteiger partial charge is 0.338 e. The molecule has 0 aliphatic carbocycles. The molecular weight excluding hydrogens is 315 g/mol. The number of amides is 1. The third kappa shape index (κ3) is 3.14. The number of carbonyl (C=O) groups is 1. The molecule has 0 aliphatic rings. The standard InChI is InChI=1S/C14H14Cl2N2OS/c1-3-18(4-2)14(19)12-8-20-13(17-12)9-5-6-10(15)11(16)7-9/h5-8H,3-4H2,1-2H3. The Balaban J connectivity index is 2.28. The molecule has 2 aromatic rings. The molecule has 0 unspecified atom stereocenters. The van der Waals surface area contributed by atoms with E-state index in [0.717, 1.165) is 10.6 Å². The van der Waals surface area contributed by atoms with Gasteiger partial charge in [-0.1, -0.05) is 29.3 Å². The molecule has 0 spiro atoms. The number of rotatable bonds is 4. The van der Waals surface area contributed by atoms with Crippen LogP contribution in [0, 0.1) is 0 Å². The summed E-state index contributed by atoms with van der Waals surface area (Å²) in [7, 11) is 0. The van der Waals surface area contributed by atoms with Crippen molar-refractivity contribution < 1.29 is 4.79 Å². The van der Waals surface area contributed by atoms with Crippen LogP contribution in [0.5, 0.6) is 0 Å². The smallest absolute Gasteiger partial charge is 0.273 e. The third-order valence-electron chi connectivity index (χ3n) is 2.94. The molecule has 2 rings (SSSR count). The summed E-state index contributed by atoms with van der Waals surface area (Å²) in [6.07, 6.45) is 0. The Morgan fingerprint density at radius 1 is 1.25 bits per heavy atom. The van der Waals surface area contributed by atoms with Gasteiger partial charge in [-0.2, -0.15) is 0 Å². The first-order valence-electron chi connectivity index (χ1n) is 6.27. The fraction of sp³-hybridized carbons (Fsp3) is 0.286. The molecule has 0 saturated heterocycles. The molecular formula is C14H14Cl2N2OS. The number of thiazole rings is 1. The fourth-order valence-corrected chi connectivity index (χ4v) is 2.90. The summed E-state index contributed by atoms with van der Waals surface area (Å²) >= 11 is 13.3. The van der Waals surface area contributed by atoms with E-state index in [1.165, 1.54) is 11.3 Å². The average Bonchev–Trinajstić information content (AvgIpc) is 2.93. The molecule has 0 saturated carbocycles. The fourth-order valence-electron chi connectivity index (χ4n) is 1.81. The molecule has 0 N–H and O–H groups in total. The van der Waals surface area contributed by atoms with Crippen LogP contribution in [0.15, 0.2) is 23.6 Å². The van der Waals surface area contributed by atoms with Crippen LogP contribution in [0.1, 0.15) is 24.3 Å². The van der Waals surface area contributed by atoms with Gasteiger partial charge >= 0.3 is 0 Å². The lowest BCUT2D eigenvalue weighted by Gasteiger charge is -2.16. The topological polar surface area (TPSA) is 33.2 Å². The Hall–Kier alpha value is -1.10. The molecule has 1 aromatic heterocycles. The summed E-state index contributed by atoms with van der Waals surface area (Å²) in [5, 5.41) is 3.53. The lowest BCUT2D eigenvalue weighted by molar-refractivity contribution is 0.0768. The van der Waals surface area contributed by atoms with Gasteiger partial charge in [0.25, 0.3) is 5.91 Å². The molecule has 3 nitrogen and oxygen atoms in total. The van der Waals surface area contributed by atoms with Crippen molar-refractivity contribution in [1.82, 2.24) is 9.88 Å². The zero-order chi connectivity index (χ0) is 14.7. The number of aromatic nitrogens is 1. The number of hydrogen-bond donors (Lipinski definition) is 0.